The highest BCUT2D eigenvalue weighted by Crippen LogP contribution is 2.35. The number of nitrogens with zero attached hydrogens (tertiary/aromatic N) is 3. The molecule has 2 aromatic carbocycles. The number of carbonyl (C=O) groups is 1. The molecule has 0 fully saturated rings. The zero-order valence-corrected chi connectivity index (χ0v) is 18.4. The van der Waals surface area contributed by atoms with E-state index in [0.717, 1.165) is 17.8 Å². The van der Waals surface area contributed by atoms with Crippen molar-refractivity contribution in [3.63, 3.8) is 0 Å². The van der Waals surface area contributed by atoms with Gasteiger partial charge in [0, 0.05) is 18.2 Å². The number of thioether (sulfide) groups is 1. The minimum absolute atomic E-state index is 0.133. The Hall–Kier alpha value is -3.21. The van der Waals surface area contributed by atoms with Crippen LogP contribution in [-0.4, -0.2) is 40.6 Å². The Morgan fingerprint density at radius 3 is 2.34 bits per heavy atom. The van der Waals surface area contributed by atoms with Gasteiger partial charge in [-0.15, -0.1) is 10.2 Å². The van der Waals surface area contributed by atoms with Crippen molar-refractivity contribution in [2.45, 2.75) is 24.8 Å². The molecule has 3 aromatic rings. The second-order valence-electron chi connectivity index (χ2n) is 6.53. The number of halogens is 3. The standard InChI is InChI=1S/C21H21F3N4O3S/c1-4-28-19(13-9-14(30-2)11-15(10-13)31-3)26-27-20(28)32-12-18(29)25-17-8-6-5-7-16(17)21(22,23)24/h5-11H,4,12H2,1-3H3,(H,25,29). The number of aromatic nitrogens is 3. The molecule has 1 heterocycles. The summed E-state index contributed by atoms with van der Waals surface area (Å²) in [7, 11) is 3.08. The Morgan fingerprint density at radius 1 is 1.09 bits per heavy atom. The van der Waals surface area contributed by atoms with Crippen molar-refractivity contribution >= 4 is 23.4 Å². The number of carbonyl (C=O) groups excluding carboxylic acids is 1. The Kier molecular flexibility index (Phi) is 7.29. The van der Waals surface area contributed by atoms with Crippen LogP contribution < -0.4 is 14.8 Å². The molecule has 3 rings (SSSR count). The SMILES string of the molecule is CCn1c(SCC(=O)Nc2ccccc2C(F)(F)F)nnc1-c1cc(OC)cc(OC)c1. The molecule has 0 radical (unpaired) electrons. The smallest absolute Gasteiger partial charge is 0.418 e. The van der Waals surface area contributed by atoms with Gasteiger partial charge < -0.3 is 19.4 Å². The third kappa shape index (κ3) is 5.34. The lowest BCUT2D eigenvalue weighted by molar-refractivity contribution is -0.137. The molecule has 1 aromatic heterocycles. The van der Waals surface area contributed by atoms with Crippen molar-refractivity contribution in [2.75, 3.05) is 25.3 Å². The molecule has 1 N–H and O–H groups in total. The number of amides is 1. The molecule has 0 saturated heterocycles. The third-order valence-corrected chi connectivity index (χ3v) is 5.45. The average molecular weight is 466 g/mol. The van der Waals surface area contributed by atoms with Gasteiger partial charge in [0.05, 0.1) is 31.2 Å². The maximum atomic E-state index is 13.1. The van der Waals surface area contributed by atoms with E-state index < -0.39 is 17.6 Å². The van der Waals surface area contributed by atoms with Crippen LogP contribution >= 0.6 is 11.8 Å². The van der Waals surface area contributed by atoms with Crippen molar-refractivity contribution in [3.8, 4) is 22.9 Å². The molecule has 7 nitrogen and oxygen atoms in total. The lowest BCUT2D eigenvalue weighted by Crippen LogP contribution is -2.18. The van der Waals surface area contributed by atoms with Crippen LogP contribution in [0.1, 0.15) is 12.5 Å². The molecule has 0 saturated carbocycles. The molecule has 32 heavy (non-hydrogen) atoms. The van der Waals surface area contributed by atoms with Gasteiger partial charge in [-0.2, -0.15) is 13.2 Å². The molecule has 0 unspecified atom stereocenters. The number of anilines is 1. The van der Waals surface area contributed by atoms with Gasteiger partial charge in [0.2, 0.25) is 5.91 Å². The maximum Gasteiger partial charge on any atom is 0.418 e. The van der Waals surface area contributed by atoms with E-state index in [0.29, 0.717) is 34.6 Å². The molecule has 0 atom stereocenters. The van der Waals surface area contributed by atoms with Gasteiger partial charge in [-0.25, -0.2) is 0 Å². The topological polar surface area (TPSA) is 78.3 Å². The highest BCUT2D eigenvalue weighted by molar-refractivity contribution is 7.99. The number of para-hydroxylation sites is 1. The van der Waals surface area contributed by atoms with Crippen molar-refractivity contribution in [2.24, 2.45) is 0 Å². The van der Waals surface area contributed by atoms with Crippen molar-refractivity contribution < 1.29 is 27.4 Å². The van der Waals surface area contributed by atoms with Gasteiger partial charge in [-0.1, -0.05) is 23.9 Å². The predicted molar refractivity (Wildman–Crippen MR) is 115 cm³/mol. The van der Waals surface area contributed by atoms with Crippen LogP contribution in [0.5, 0.6) is 11.5 Å². The summed E-state index contributed by atoms with van der Waals surface area (Å²) < 4.78 is 51.8. The number of ether oxygens (including phenoxy) is 2. The number of hydrogen-bond acceptors (Lipinski definition) is 6. The van der Waals surface area contributed by atoms with E-state index in [-0.39, 0.29) is 11.4 Å². The molecule has 170 valence electrons. The number of rotatable bonds is 8. The highest BCUT2D eigenvalue weighted by atomic mass is 32.2. The van der Waals surface area contributed by atoms with Crippen molar-refractivity contribution in [1.82, 2.24) is 14.8 Å². The maximum absolute atomic E-state index is 13.1. The van der Waals surface area contributed by atoms with Gasteiger partial charge in [0.1, 0.15) is 11.5 Å². The quantitative estimate of drug-likeness (QED) is 0.484. The van der Waals surface area contributed by atoms with Crippen molar-refractivity contribution in [1.29, 1.82) is 0 Å². The first-order valence-corrected chi connectivity index (χ1v) is 10.5. The molecule has 0 aliphatic carbocycles. The van der Waals surface area contributed by atoms with Gasteiger partial charge >= 0.3 is 6.18 Å². The lowest BCUT2D eigenvalue weighted by atomic mass is 10.1. The van der Waals surface area contributed by atoms with E-state index >= 15 is 0 Å². The first kappa shape index (κ1) is 23.5. The van der Waals surface area contributed by atoms with Crippen LogP contribution in [-0.2, 0) is 17.5 Å². The van der Waals surface area contributed by atoms with E-state index in [9.17, 15) is 18.0 Å². The summed E-state index contributed by atoms with van der Waals surface area (Å²) in [5.74, 6) is 1.01. The largest absolute Gasteiger partial charge is 0.497 e. The second kappa shape index (κ2) is 9.94. The zero-order valence-electron chi connectivity index (χ0n) is 17.6. The molecular formula is C21H21F3N4O3S. The van der Waals surface area contributed by atoms with E-state index in [2.05, 4.69) is 15.5 Å². The summed E-state index contributed by atoms with van der Waals surface area (Å²) >= 11 is 1.08. The molecule has 0 spiro atoms. The Labute approximate surface area is 186 Å². The number of alkyl halides is 3. The number of benzene rings is 2. The zero-order chi connectivity index (χ0) is 23.3. The third-order valence-electron chi connectivity index (χ3n) is 4.48. The number of hydrogen-bond donors (Lipinski definition) is 1. The van der Waals surface area contributed by atoms with Gasteiger partial charge in [-0.3, -0.25) is 4.79 Å². The lowest BCUT2D eigenvalue weighted by Gasteiger charge is -2.13. The van der Waals surface area contributed by atoms with Gasteiger partial charge in [0.25, 0.3) is 0 Å². The summed E-state index contributed by atoms with van der Waals surface area (Å²) in [5, 5.41) is 11.1. The Morgan fingerprint density at radius 2 is 1.75 bits per heavy atom. The van der Waals surface area contributed by atoms with Crippen LogP contribution in [0, 0.1) is 0 Å². The van der Waals surface area contributed by atoms with Crippen LogP contribution in [0.2, 0.25) is 0 Å². The molecular weight excluding hydrogens is 445 g/mol. The van der Waals surface area contributed by atoms with Crippen LogP contribution in [0.4, 0.5) is 18.9 Å². The summed E-state index contributed by atoms with van der Waals surface area (Å²) in [6.07, 6.45) is -4.56. The van der Waals surface area contributed by atoms with Crippen molar-refractivity contribution in [3.05, 3.63) is 48.0 Å². The van der Waals surface area contributed by atoms with Crippen LogP contribution in [0.3, 0.4) is 0 Å². The molecule has 0 aliphatic rings. The van der Waals surface area contributed by atoms with E-state index in [1.807, 2.05) is 6.92 Å². The summed E-state index contributed by atoms with van der Waals surface area (Å²) in [5.41, 5.74) is -0.470. The normalized spacial score (nSPS) is 11.3. The molecule has 11 heteroatoms. The second-order valence-corrected chi connectivity index (χ2v) is 7.47. The number of methoxy groups -OCH3 is 2. The summed E-state index contributed by atoms with van der Waals surface area (Å²) in [4.78, 5) is 12.3. The Bertz CT molecular complexity index is 1080. The van der Waals surface area contributed by atoms with Gasteiger partial charge in [0.15, 0.2) is 11.0 Å². The Balaban J connectivity index is 1.76. The monoisotopic (exact) mass is 466 g/mol. The van der Waals surface area contributed by atoms with Crippen LogP contribution in [0.25, 0.3) is 11.4 Å². The fraction of sp³-hybridized carbons (Fsp3) is 0.286. The summed E-state index contributed by atoms with van der Waals surface area (Å²) in [6.45, 7) is 2.41. The van der Waals surface area contributed by atoms with Gasteiger partial charge in [-0.05, 0) is 31.2 Å². The highest BCUT2D eigenvalue weighted by Gasteiger charge is 2.33. The van der Waals surface area contributed by atoms with E-state index in [1.54, 1.807) is 37.0 Å². The first-order valence-electron chi connectivity index (χ1n) is 9.52. The predicted octanol–water partition coefficient (Wildman–Crippen LogP) is 4.73. The molecule has 0 bridgehead atoms. The molecule has 0 aliphatic heterocycles. The summed E-state index contributed by atoms with van der Waals surface area (Å²) in [6, 6.07) is 10.1. The minimum Gasteiger partial charge on any atom is -0.497 e. The molecule has 1 amide bonds. The fourth-order valence-corrected chi connectivity index (χ4v) is 3.79. The average Bonchev–Trinajstić information content (AvgIpc) is 3.20. The fourth-order valence-electron chi connectivity index (χ4n) is 2.99. The van der Waals surface area contributed by atoms with E-state index in [4.69, 9.17) is 9.47 Å². The number of nitrogens with one attached hydrogen (secondary N) is 1. The minimum atomic E-state index is -4.56. The first-order chi connectivity index (χ1) is 15.3. The van der Waals surface area contributed by atoms with E-state index in [1.165, 1.54) is 18.2 Å². The van der Waals surface area contributed by atoms with Crippen LogP contribution in [0.15, 0.2) is 47.6 Å².